The summed E-state index contributed by atoms with van der Waals surface area (Å²) in [5.41, 5.74) is 8.95. The van der Waals surface area contributed by atoms with Gasteiger partial charge in [0.2, 0.25) is 5.91 Å². The standard InChI is InChI=1S/C24H24N6O3/c1-4-20(31)29(17-8-6-5-7-9-17)12-13-30-24-21(23(25)26-15-27-24)22(28-30)16-10-11-18(32-2)19(14-16)33-3/h4-11,14-15H,1,12-13H2,2-3H3,(H2,25,26,27). The smallest absolute Gasteiger partial charge is 0.250 e. The number of rotatable bonds is 8. The molecule has 0 bridgehead atoms. The van der Waals surface area contributed by atoms with Crippen LogP contribution in [0.5, 0.6) is 11.5 Å². The van der Waals surface area contributed by atoms with Crippen molar-refractivity contribution in [3.05, 3.63) is 67.5 Å². The van der Waals surface area contributed by atoms with Crippen LogP contribution in [0.4, 0.5) is 11.5 Å². The van der Waals surface area contributed by atoms with Gasteiger partial charge in [-0.15, -0.1) is 0 Å². The van der Waals surface area contributed by atoms with E-state index in [1.54, 1.807) is 29.9 Å². The summed E-state index contributed by atoms with van der Waals surface area (Å²) in [6.07, 6.45) is 2.70. The largest absolute Gasteiger partial charge is 0.493 e. The van der Waals surface area contributed by atoms with Crippen LogP contribution >= 0.6 is 0 Å². The zero-order valence-corrected chi connectivity index (χ0v) is 18.4. The third kappa shape index (κ3) is 4.20. The van der Waals surface area contributed by atoms with E-state index in [0.717, 1.165) is 11.3 Å². The average molecular weight is 444 g/mol. The van der Waals surface area contributed by atoms with E-state index >= 15 is 0 Å². The Hall–Kier alpha value is -4.40. The lowest BCUT2D eigenvalue weighted by Gasteiger charge is -2.21. The van der Waals surface area contributed by atoms with Crippen molar-refractivity contribution in [1.29, 1.82) is 0 Å². The van der Waals surface area contributed by atoms with E-state index in [2.05, 4.69) is 16.5 Å². The molecule has 0 aliphatic heterocycles. The number of ether oxygens (including phenoxy) is 2. The SMILES string of the molecule is C=CC(=O)N(CCn1nc(-c2ccc(OC)c(OC)c2)c2c(N)ncnc21)c1ccccc1. The lowest BCUT2D eigenvalue weighted by atomic mass is 10.1. The maximum atomic E-state index is 12.5. The van der Waals surface area contributed by atoms with Crippen LogP contribution in [-0.2, 0) is 11.3 Å². The lowest BCUT2D eigenvalue weighted by molar-refractivity contribution is -0.114. The number of carbonyl (C=O) groups excluding carboxylic acids is 1. The molecule has 0 atom stereocenters. The first-order valence-electron chi connectivity index (χ1n) is 10.3. The van der Waals surface area contributed by atoms with Crippen molar-refractivity contribution in [3.63, 3.8) is 0 Å². The number of para-hydroxylation sites is 1. The Bertz CT molecular complexity index is 1300. The van der Waals surface area contributed by atoms with Crippen LogP contribution in [0.3, 0.4) is 0 Å². The summed E-state index contributed by atoms with van der Waals surface area (Å²) in [5.74, 6) is 1.29. The van der Waals surface area contributed by atoms with Crippen molar-refractivity contribution in [2.75, 3.05) is 31.4 Å². The Labute approximate surface area is 191 Å². The average Bonchev–Trinajstić information content (AvgIpc) is 3.24. The van der Waals surface area contributed by atoms with E-state index in [1.165, 1.54) is 12.4 Å². The minimum atomic E-state index is -0.202. The van der Waals surface area contributed by atoms with Crippen LogP contribution in [0, 0.1) is 0 Å². The molecular formula is C24H24N6O3. The third-order valence-corrected chi connectivity index (χ3v) is 5.26. The molecule has 0 unspecified atom stereocenters. The van der Waals surface area contributed by atoms with Crippen molar-refractivity contribution >= 4 is 28.4 Å². The normalized spacial score (nSPS) is 10.7. The summed E-state index contributed by atoms with van der Waals surface area (Å²) in [5, 5.41) is 5.41. The predicted molar refractivity (Wildman–Crippen MR) is 127 cm³/mol. The molecule has 168 valence electrons. The molecular weight excluding hydrogens is 420 g/mol. The van der Waals surface area contributed by atoms with Gasteiger partial charge in [0, 0.05) is 17.8 Å². The van der Waals surface area contributed by atoms with E-state index in [9.17, 15) is 4.79 Å². The van der Waals surface area contributed by atoms with Crippen LogP contribution in [0.25, 0.3) is 22.3 Å². The van der Waals surface area contributed by atoms with E-state index < -0.39 is 0 Å². The number of anilines is 2. The van der Waals surface area contributed by atoms with Crippen molar-refractivity contribution in [2.24, 2.45) is 0 Å². The van der Waals surface area contributed by atoms with Gasteiger partial charge < -0.3 is 20.1 Å². The third-order valence-electron chi connectivity index (χ3n) is 5.26. The second-order valence-electron chi connectivity index (χ2n) is 7.13. The van der Waals surface area contributed by atoms with Gasteiger partial charge in [-0.05, 0) is 36.4 Å². The van der Waals surface area contributed by atoms with Crippen molar-refractivity contribution in [2.45, 2.75) is 6.54 Å². The summed E-state index contributed by atoms with van der Waals surface area (Å²) in [6.45, 7) is 4.37. The van der Waals surface area contributed by atoms with Crippen molar-refractivity contribution in [3.8, 4) is 22.8 Å². The molecule has 0 aliphatic rings. The molecule has 9 nitrogen and oxygen atoms in total. The van der Waals surface area contributed by atoms with Crippen molar-refractivity contribution in [1.82, 2.24) is 19.7 Å². The fourth-order valence-electron chi connectivity index (χ4n) is 3.65. The molecule has 33 heavy (non-hydrogen) atoms. The van der Waals surface area contributed by atoms with Crippen LogP contribution in [0.2, 0.25) is 0 Å². The minimum absolute atomic E-state index is 0.202. The number of nitrogen functional groups attached to an aromatic ring is 1. The Balaban J connectivity index is 1.75. The number of amides is 1. The highest BCUT2D eigenvalue weighted by molar-refractivity contribution is 6.01. The highest BCUT2D eigenvalue weighted by Gasteiger charge is 2.20. The number of methoxy groups -OCH3 is 2. The van der Waals surface area contributed by atoms with E-state index in [1.807, 2.05) is 42.5 Å². The summed E-state index contributed by atoms with van der Waals surface area (Å²) in [6, 6.07) is 14.9. The quantitative estimate of drug-likeness (QED) is 0.415. The van der Waals surface area contributed by atoms with E-state index in [-0.39, 0.29) is 5.91 Å². The zero-order chi connectivity index (χ0) is 23.4. The molecule has 9 heteroatoms. The molecule has 0 spiro atoms. The fourth-order valence-corrected chi connectivity index (χ4v) is 3.65. The van der Waals surface area contributed by atoms with Gasteiger partial charge in [-0.25, -0.2) is 14.6 Å². The number of carbonyl (C=O) groups is 1. The van der Waals surface area contributed by atoms with Crippen LogP contribution < -0.4 is 20.1 Å². The second-order valence-corrected chi connectivity index (χ2v) is 7.13. The topological polar surface area (TPSA) is 108 Å². The molecule has 0 saturated carbocycles. The number of fused-ring (bicyclic) bond motifs is 1. The Morgan fingerprint density at radius 2 is 1.88 bits per heavy atom. The van der Waals surface area contributed by atoms with Gasteiger partial charge in [0.05, 0.1) is 26.2 Å². The summed E-state index contributed by atoms with van der Waals surface area (Å²) in [7, 11) is 3.15. The van der Waals surface area contributed by atoms with Gasteiger partial charge in [-0.3, -0.25) is 4.79 Å². The number of nitrogens with zero attached hydrogens (tertiary/aromatic N) is 5. The first-order valence-corrected chi connectivity index (χ1v) is 10.3. The molecule has 0 saturated heterocycles. The predicted octanol–water partition coefficient (Wildman–Crippen LogP) is 3.31. The van der Waals surface area contributed by atoms with Crippen LogP contribution in [-0.4, -0.2) is 46.4 Å². The number of hydrogen-bond donors (Lipinski definition) is 1. The molecule has 0 fully saturated rings. The molecule has 2 N–H and O–H groups in total. The molecule has 1 amide bonds. The van der Waals surface area contributed by atoms with Gasteiger partial charge in [-0.2, -0.15) is 5.10 Å². The van der Waals surface area contributed by atoms with Gasteiger partial charge in [0.25, 0.3) is 0 Å². The maximum absolute atomic E-state index is 12.5. The maximum Gasteiger partial charge on any atom is 0.250 e. The minimum Gasteiger partial charge on any atom is -0.493 e. The number of nitrogens with two attached hydrogens (primary N) is 1. The van der Waals surface area contributed by atoms with E-state index in [0.29, 0.717) is 47.1 Å². The second kappa shape index (κ2) is 9.39. The van der Waals surface area contributed by atoms with Gasteiger partial charge >= 0.3 is 0 Å². The molecule has 2 heterocycles. The summed E-state index contributed by atoms with van der Waals surface area (Å²) in [4.78, 5) is 22.7. The summed E-state index contributed by atoms with van der Waals surface area (Å²) < 4.78 is 12.5. The van der Waals surface area contributed by atoms with Gasteiger partial charge in [0.1, 0.15) is 17.8 Å². The van der Waals surface area contributed by atoms with Crippen molar-refractivity contribution < 1.29 is 14.3 Å². The van der Waals surface area contributed by atoms with Crippen LogP contribution in [0.1, 0.15) is 0 Å². The summed E-state index contributed by atoms with van der Waals surface area (Å²) >= 11 is 0. The lowest BCUT2D eigenvalue weighted by Crippen LogP contribution is -2.32. The first-order chi connectivity index (χ1) is 16.1. The molecule has 0 aliphatic carbocycles. The van der Waals surface area contributed by atoms with Gasteiger partial charge in [-0.1, -0.05) is 24.8 Å². The number of benzene rings is 2. The highest BCUT2D eigenvalue weighted by atomic mass is 16.5. The molecule has 4 aromatic rings. The Morgan fingerprint density at radius 3 is 2.58 bits per heavy atom. The number of hydrogen-bond acceptors (Lipinski definition) is 7. The highest BCUT2D eigenvalue weighted by Crippen LogP contribution is 2.35. The Morgan fingerprint density at radius 1 is 1.12 bits per heavy atom. The monoisotopic (exact) mass is 444 g/mol. The van der Waals surface area contributed by atoms with Gasteiger partial charge in [0.15, 0.2) is 17.1 Å². The number of aromatic nitrogens is 4. The molecule has 2 aromatic heterocycles. The molecule has 0 radical (unpaired) electrons. The molecule has 4 rings (SSSR count). The Kier molecular flexibility index (Phi) is 6.21. The fraction of sp³-hybridized carbons (Fsp3) is 0.167. The zero-order valence-electron chi connectivity index (χ0n) is 18.4. The molecule has 2 aromatic carbocycles. The van der Waals surface area contributed by atoms with E-state index in [4.69, 9.17) is 20.3 Å². The van der Waals surface area contributed by atoms with Crippen LogP contribution in [0.15, 0.2) is 67.5 Å². The first kappa shape index (κ1) is 21.8.